The summed E-state index contributed by atoms with van der Waals surface area (Å²) in [6.07, 6.45) is 0. The maximum Gasteiger partial charge on any atom is 0.290 e. The van der Waals surface area contributed by atoms with Crippen molar-refractivity contribution in [3.63, 3.8) is 0 Å². The van der Waals surface area contributed by atoms with Crippen LogP contribution in [0.25, 0.3) is 11.1 Å². The van der Waals surface area contributed by atoms with E-state index in [-0.39, 0.29) is 48.3 Å². The summed E-state index contributed by atoms with van der Waals surface area (Å²) in [5, 5.41) is 3.26. The van der Waals surface area contributed by atoms with Crippen molar-refractivity contribution < 1.29 is 13.6 Å². The average Bonchev–Trinajstić information content (AvgIpc) is 3.04. The van der Waals surface area contributed by atoms with Crippen molar-refractivity contribution in [1.29, 1.82) is 0 Å². The summed E-state index contributed by atoms with van der Waals surface area (Å²) in [4.78, 5) is 19.1. The van der Waals surface area contributed by atoms with Crippen LogP contribution >= 0.6 is 24.8 Å². The highest BCUT2D eigenvalue weighted by Crippen LogP contribution is 2.27. The Morgan fingerprint density at radius 3 is 2.85 bits per heavy atom. The minimum atomic E-state index is -0.307. The van der Waals surface area contributed by atoms with E-state index in [1.807, 2.05) is 25.1 Å². The molecule has 144 valence electrons. The lowest BCUT2D eigenvalue weighted by Crippen LogP contribution is -2.48. The molecule has 1 amide bonds. The number of halogens is 3. The molecule has 0 saturated carbocycles. The zero-order chi connectivity index (χ0) is 17.4. The van der Waals surface area contributed by atoms with E-state index >= 15 is 0 Å². The van der Waals surface area contributed by atoms with Gasteiger partial charge in [0.25, 0.3) is 5.91 Å². The van der Waals surface area contributed by atoms with E-state index in [2.05, 4.69) is 10.3 Å². The Labute approximate surface area is 168 Å². The second-order valence-corrected chi connectivity index (χ2v) is 6.22. The van der Waals surface area contributed by atoms with E-state index in [1.54, 1.807) is 17.0 Å². The molecule has 1 atom stereocenters. The molecule has 1 N–H and O–H groups in total. The van der Waals surface area contributed by atoms with Gasteiger partial charge in [0, 0.05) is 31.4 Å². The molecule has 0 spiro atoms. The van der Waals surface area contributed by atoms with Gasteiger partial charge in [-0.2, -0.15) is 0 Å². The van der Waals surface area contributed by atoms with Crippen molar-refractivity contribution >= 4 is 41.8 Å². The lowest BCUT2D eigenvalue weighted by atomic mass is 10.0. The molecule has 8 heteroatoms. The summed E-state index contributed by atoms with van der Waals surface area (Å²) in [7, 11) is 0. The molecule has 2 aromatic heterocycles. The Morgan fingerprint density at radius 2 is 2.07 bits per heavy atom. The standard InChI is InChI=1S/C19H18FN3O2.2ClH/c1-12-5-6-17-15(22-12)10-18(25-17)19(24)23-8-7-21-11-16(23)13-3-2-4-14(20)9-13;;/h2-6,9-10,16,21H,7-8,11H2,1H3;2*1H. The van der Waals surface area contributed by atoms with Crippen LogP contribution in [-0.4, -0.2) is 35.4 Å². The minimum absolute atomic E-state index is 0. The maximum atomic E-state index is 13.6. The highest BCUT2D eigenvalue weighted by atomic mass is 35.5. The molecular formula is C19H20Cl2FN3O2. The first-order valence-electron chi connectivity index (χ1n) is 8.26. The molecular weight excluding hydrogens is 392 g/mol. The van der Waals surface area contributed by atoms with Crippen LogP contribution < -0.4 is 5.32 Å². The maximum absolute atomic E-state index is 13.6. The summed E-state index contributed by atoms with van der Waals surface area (Å²) in [6, 6.07) is 11.5. The summed E-state index contributed by atoms with van der Waals surface area (Å²) >= 11 is 0. The number of benzene rings is 1. The number of nitrogens with zero attached hydrogens (tertiary/aromatic N) is 2. The molecule has 27 heavy (non-hydrogen) atoms. The van der Waals surface area contributed by atoms with E-state index < -0.39 is 0 Å². The fourth-order valence-electron chi connectivity index (χ4n) is 3.23. The molecule has 1 saturated heterocycles. The molecule has 1 aliphatic heterocycles. The molecule has 1 unspecified atom stereocenters. The second kappa shape index (κ2) is 8.69. The lowest BCUT2D eigenvalue weighted by molar-refractivity contribution is 0.0603. The minimum Gasteiger partial charge on any atom is -0.449 e. The van der Waals surface area contributed by atoms with Gasteiger partial charge in [-0.3, -0.25) is 4.79 Å². The number of furan rings is 1. The van der Waals surface area contributed by atoms with Crippen LogP contribution in [0.15, 0.2) is 46.9 Å². The van der Waals surface area contributed by atoms with Gasteiger partial charge in [-0.25, -0.2) is 9.37 Å². The Hall–Kier alpha value is -2.15. The van der Waals surface area contributed by atoms with Crippen LogP contribution in [0.2, 0.25) is 0 Å². The predicted octanol–water partition coefficient (Wildman–Crippen LogP) is 3.91. The largest absolute Gasteiger partial charge is 0.449 e. The van der Waals surface area contributed by atoms with Gasteiger partial charge in [0.15, 0.2) is 11.3 Å². The summed E-state index contributed by atoms with van der Waals surface area (Å²) < 4.78 is 19.3. The summed E-state index contributed by atoms with van der Waals surface area (Å²) in [5.74, 6) is -0.248. The number of pyridine rings is 1. The van der Waals surface area contributed by atoms with E-state index in [9.17, 15) is 9.18 Å². The van der Waals surface area contributed by atoms with Gasteiger partial charge >= 0.3 is 0 Å². The normalized spacial score (nSPS) is 16.5. The van der Waals surface area contributed by atoms with Gasteiger partial charge in [-0.05, 0) is 36.8 Å². The fraction of sp³-hybridized carbons (Fsp3) is 0.263. The first kappa shape index (κ1) is 21.2. The number of aromatic nitrogens is 1. The molecule has 5 nitrogen and oxygen atoms in total. The second-order valence-electron chi connectivity index (χ2n) is 6.22. The zero-order valence-corrected chi connectivity index (χ0v) is 16.3. The number of carbonyl (C=O) groups excluding carboxylic acids is 1. The Morgan fingerprint density at radius 1 is 1.26 bits per heavy atom. The Balaban J connectivity index is 0.00000131. The van der Waals surface area contributed by atoms with Gasteiger partial charge < -0.3 is 14.6 Å². The van der Waals surface area contributed by atoms with Gasteiger partial charge in [-0.1, -0.05) is 12.1 Å². The monoisotopic (exact) mass is 411 g/mol. The van der Waals surface area contributed by atoms with E-state index in [0.717, 1.165) is 11.3 Å². The topological polar surface area (TPSA) is 58.4 Å². The van der Waals surface area contributed by atoms with E-state index in [4.69, 9.17) is 4.42 Å². The number of hydrogen-bond acceptors (Lipinski definition) is 4. The van der Waals surface area contributed by atoms with Gasteiger partial charge in [-0.15, -0.1) is 24.8 Å². The van der Waals surface area contributed by atoms with Crippen molar-refractivity contribution in [2.75, 3.05) is 19.6 Å². The van der Waals surface area contributed by atoms with Crippen LogP contribution in [0.1, 0.15) is 27.9 Å². The van der Waals surface area contributed by atoms with E-state index in [0.29, 0.717) is 30.7 Å². The van der Waals surface area contributed by atoms with Crippen molar-refractivity contribution in [3.8, 4) is 0 Å². The third kappa shape index (κ3) is 4.24. The van der Waals surface area contributed by atoms with Crippen molar-refractivity contribution in [2.24, 2.45) is 0 Å². The molecule has 1 fully saturated rings. The number of hydrogen-bond donors (Lipinski definition) is 1. The van der Waals surface area contributed by atoms with Crippen molar-refractivity contribution in [3.05, 3.63) is 65.3 Å². The Bertz CT molecular complexity index is 948. The highest BCUT2D eigenvalue weighted by Gasteiger charge is 2.30. The van der Waals surface area contributed by atoms with Gasteiger partial charge in [0.1, 0.15) is 11.3 Å². The molecule has 0 bridgehead atoms. The van der Waals surface area contributed by atoms with Crippen molar-refractivity contribution in [1.82, 2.24) is 15.2 Å². The third-order valence-corrected chi connectivity index (χ3v) is 4.46. The quantitative estimate of drug-likeness (QED) is 0.694. The van der Waals surface area contributed by atoms with Crippen LogP contribution in [-0.2, 0) is 0 Å². The van der Waals surface area contributed by atoms with Gasteiger partial charge in [0.2, 0.25) is 0 Å². The van der Waals surface area contributed by atoms with Crippen LogP contribution in [0.5, 0.6) is 0 Å². The first-order chi connectivity index (χ1) is 12.1. The molecule has 3 aromatic rings. The molecule has 4 rings (SSSR count). The third-order valence-electron chi connectivity index (χ3n) is 4.46. The number of aryl methyl sites for hydroxylation is 1. The molecule has 1 aromatic carbocycles. The van der Waals surface area contributed by atoms with Crippen LogP contribution in [0, 0.1) is 12.7 Å². The predicted molar refractivity (Wildman–Crippen MR) is 106 cm³/mol. The average molecular weight is 412 g/mol. The molecule has 0 radical (unpaired) electrons. The highest BCUT2D eigenvalue weighted by molar-refractivity contribution is 5.95. The number of piperazine rings is 1. The SMILES string of the molecule is Cc1ccc2oc(C(=O)N3CCNCC3c3cccc(F)c3)cc2n1.Cl.Cl. The first-order valence-corrected chi connectivity index (χ1v) is 8.26. The fourth-order valence-corrected chi connectivity index (χ4v) is 3.23. The molecule has 1 aliphatic rings. The van der Waals surface area contributed by atoms with Gasteiger partial charge in [0.05, 0.1) is 6.04 Å². The van der Waals surface area contributed by atoms with Crippen LogP contribution in [0.3, 0.4) is 0 Å². The van der Waals surface area contributed by atoms with Crippen molar-refractivity contribution in [2.45, 2.75) is 13.0 Å². The smallest absolute Gasteiger partial charge is 0.290 e. The van der Waals surface area contributed by atoms with Crippen LogP contribution in [0.4, 0.5) is 4.39 Å². The summed E-state index contributed by atoms with van der Waals surface area (Å²) in [5.41, 5.74) is 2.89. The lowest BCUT2D eigenvalue weighted by Gasteiger charge is -2.36. The number of rotatable bonds is 2. The number of amides is 1. The zero-order valence-electron chi connectivity index (χ0n) is 14.6. The van der Waals surface area contributed by atoms with E-state index in [1.165, 1.54) is 12.1 Å². The number of nitrogens with one attached hydrogen (secondary N) is 1. The summed E-state index contributed by atoms with van der Waals surface area (Å²) in [6.45, 7) is 3.69. The number of carbonyl (C=O) groups is 1. The molecule has 3 heterocycles. The molecule has 0 aliphatic carbocycles. The Kier molecular flexibility index (Phi) is 6.81. The number of fused-ring (bicyclic) bond motifs is 1.